The zero-order chi connectivity index (χ0) is 21.5. The molecule has 1 aromatic heterocycles. The first-order chi connectivity index (χ1) is 14.5. The summed E-state index contributed by atoms with van der Waals surface area (Å²) in [6.45, 7) is 3.71. The fourth-order valence-electron chi connectivity index (χ4n) is 3.09. The van der Waals surface area contributed by atoms with E-state index in [-0.39, 0.29) is 11.7 Å². The van der Waals surface area contributed by atoms with Gasteiger partial charge in [0.1, 0.15) is 5.82 Å². The Morgan fingerprint density at radius 2 is 1.90 bits per heavy atom. The summed E-state index contributed by atoms with van der Waals surface area (Å²) in [5, 5.41) is 0.772. The van der Waals surface area contributed by atoms with E-state index in [4.69, 9.17) is 4.98 Å². The predicted octanol–water partition coefficient (Wildman–Crippen LogP) is 5.46. The number of benzene rings is 2. The molecule has 1 heterocycles. The number of hydrogen-bond acceptors (Lipinski definition) is 5. The quantitative estimate of drug-likeness (QED) is 0.388. The molecule has 3 rings (SSSR count). The minimum atomic E-state index is -0.246. The topological polar surface area (TPSA) is 36.4 Å². The second-order valence-corrected chi connectivity index (χ2v) is 9.58. The minimum absolute atomic E-state index is 0.0816. The summed E-state index contributed by atoms with van der Waals surface area (Å²) in [6, 6.07) is 12.7. The predicted molar refractivity (Wildman–Crippen MR) is 126 cm³/mol. The van der Waals surface area contributed by atoms with Crippen molar-refractivity contribution in [1.29, 1.82) is 0 Å². The number of aryl methyl sites for hydroxylation is 1. The highest BCUT2D eigenvalue weighted by molar-refractivity contribution is 7.99. The molecule has 0 fully saturated rings. The van der Waals surface area contributed by atoms with Gasteiger partial charge in [0.2, 0.25) is 5.91 Å². The molecule has 0 aliphatic rings. The summed E-state index contributed by atoms with van der Waals surface area (Å²) in [5.41, 5.74) is 2.22. The highest BCUT2D eigenvalue weighted by atomic mass is 32.2. The van der Waals surface area contributed by atoms with Crippen LogP contribution in [0.2, 0.25) is 0 Å². The van der Waals surface area contributed by atoms with Gasteiger partial charge in [-0.3, -0.25) is 9.69 Å². The molecule has 0 unspecified atom stereocenters. The minimum Gasteiger partial charge on any atom is -0.309 e. The van der Waals surface area contributed by atoms with Crippen molar-refractivity contribution in [3.63, 3.8) is 0 Å². The van der Waals surface area contributed by atoms with E-state index < -0.39 is 0 Å². The van der Waals surface area contributed by atoms with Crippen LogP contribution in [0.1, 0.15) is 25.3 Å². The molecular weight excluding hydrogens is 417 g/mol. The summed E-state index contributed by atoms with van der Waals surface area (Å²) in [5.74, 6) is 0.488. The van der Waals surface area contributed by atoms with E-state index in [9.17, 15) is 9.18 Å². The van der Waals surface area contributed by atoms with Crippen molar-refractivity contribution >= 4 is 44.4 Å². The number of nitrogens with zero attached hydrogens (tertiary/aromatic N) is 3. The summed E-state index contributed by atoms with van der Waals surface area (Å²) < 4.78 is 14.2. The van der Waals surface area contributed by atoms with Gasteiger partial charge in [-0.1, -0.05) is 24.3 Å². The number of rotatable bonds is 10. The molecule has 1 amide bonds. The molecule has 0 spiro atoms. The van der Waals surface area contributed by atoms with Gasteiger partial charge in [0.25, 0.3) is 0 Å². The number of carbonyl (C=O) groups is 1. The molecule has 0 atom stereocenters. The molecule has 0 N–H and O–H groups in total. The fourth-order valence-corrected chi connectivity index (χ4v) is 5.00. The number of anilines is 1. The Balaban J connectivity index is 1.70. The van der Waals surface area contributed by atoms with Gasteiger partial charge >= 0.3 is 0 Å². The third-order valence-corrected chi connectivity index (χ3v) is 6.82. The van der Waals surface area contributed by atoms with E-state index in [0.717, 1.165) is 39.6 Å². The van der Waals surface area contributed by atoms with Crippen LogP contribution in [0.5, 0.6) is 0 Å². The molecule has 7 heteroatoms. The number of carbonyl (C=O) groups excluding carboxylic acids is 1. The normalized spacial score (nSPS) is 11.4. The summed E-state index contributed by atoms with van der Waals surface area (Å²) in [4.78, 5) is 22.7. The van der Waals surface area contributed by atoms with Gasteiger partial charge in [-0.05, 0) is 75.4 Å². The zero-order valence-corrected chi connectivity index (χ0v) is 19.4. The molecule has 2 aromatic carbocycles. The number of halogens is 1. The second-order valence-electron chi connectivity index (χ2n) is 7.41. The third-order valence-electron chi connectivity index (χ3n) is 4.77. The van der Waals surface area contributed by atoms with Gasteiger partial charge < -0.3 is 4.90 Å². The highest BCUT2D eigenvalue weighted by Gasteiger charge is 2.19. The van der Waals surface area contributed by atoms with Crippen molar-refractivity contribution in [3.8, 4) is 0 Å². The molecule has 0 saturated carbocycles. The monoisotopic (exact) mass is 445 g/mol. The Labute approximate surface area is 186 Å². The number of thiazole rings is 1. The van der Waals surface area contributed by atoms with Crippen LogP contribution in [0.15, 0.2) is 47.4 Å². The van der Waals surface area contributed by atoms with Gasteiger partial charge in [0, 0.05) is 23.6 Å². The molecule has 0 radical (unpaired) electrons. The number of fused-ring (bicyclic) bond motifs is 1. The van der Waals surface area contributed by atoms with E-state index in [1.165, 1.54) is 17.7 Å². The molecule has 0 aliphatic heterocycles. The number of aromatic nitrogens is 1. The largest absolute Gasteiger partial charge is 0.309 e. The molecule has 0 bridgehead atoms. The standard InChI is InChI=1S/C23H28FN3OS2/c1-4-17-6-11-20-21(16-17)30-23(25-20)27(14-5-13-26(2)3)22(28)12-15-29-19-9-7-18(24)8-10-19/h6-11,16H,4-5,12-15H2,1-3H3. The molecular formula is C23H28FN3OS2. The van der Waals surface area contributed by atoms with Crippen molar-refractivity contribution in [3.05, 3.63) is 53.8 Å². The van der Waals surface area contributed by atoms with Crippen molar-refractivity contribution in [2.45, 2.75) is 31.1 Å². The molecule has 4 nitrogen and oxygen atoms in total. The van der Waals surface area contributed by atoms with Gasteiger partial charge in [-0.15, -0.1) is 11.8 Å². The van der Waals surface area contributed by atoms with E-state index in [0.29, 0.717) is 18.7 Å². The first-order valence-corrected chi connectivity index (χ1v) is 12.0. The van der Waals surface area contributed by atoms with Crippen molar-refractivity contribution in [2.24, 2.45) is 0 Å². The maximum absolute atomic E-state index is 13.1. The molecule has 0 aliphatic carbocycles. The Hall–Kier alpha value is -1.96. The van der Waals surface area contributed by atoms with E-state index in [1.54, 1.807) is 35.2 Å². The van der Waals surface area contributed by atoms with Gasteiger partial charge in [-0.2, -0.15) is 0 Å². The number of thioether (sulfide) groups is 1. The van der Waals surface area contributed by atoms with Crippen molar-refractivity contribution in [2.75, 3.05) is 37.8 Å². The summed E-state index contributed by atoms with van der Waals surface area (Å²) in [7, 11) is 4.07. The van der Waals surface area contributed by atoms with Gasteiger partial charge in [0.05, 0.1) is 10.2 Å². The lowest BCUT2D eigenvalue weighted by atomic mass is 10.2. The Kier molecular flexibility index (Phi) is 8.24. The van der Waals surface area contributed by atoms with Crippen LogP contribution in [0.4, 0.5) is 9.52 Å². The average Bonchev–Trinajstić information content (AvgIpc) is 3.15. The maximum Gasteiger partial charge on any atom is 0.229 e. The Morgan fingerprint density at radius 3 is 2.60 bits per heavy atom. The SMILES string of the molecule is CCc1ccc2nc(N(CCCN(C)C)C(=O)CCSc3ccc(F)cc3)sc2c1. The molecule has 0 saturated heterocycles. The number of amides is 1. The lowest BCUT2D eigenvalue weighted by Crippen LogP contribution is -2.33. The molecule has 3 aromatic rings. The van der Waals surface area contributed by atoms with Crippen LogP contribution in [0.3, 0.4) is 0 Å². The third kappa shape index (κ3) is 6.27. The van der Waals surface area contributed by atoms with Crippen molar-refractivity contribution in [1.82, 2.24) is 9.88 Å². The van der Waals surface area contributed by atoms with Crippen LogP contribution in [0, 0.1) is 5.82 Å². The van der Waals surface area contributed by atoms with E-state index in [2.05, 4.69) is 24.0 Å². The van der Waals surface area contributed by atoms with Crippen LogP contribution < -0.4 is 4.90 Å². The number of hydrogen-bond donors (Lipinski definition) is 0. The van der Waals surface area contributed by atoms with Gasteiger partial charge in [0.15, 0.2) is 5.13 Å². The van der Waals surface area contributed by atoms with Crippen molar-refractivity contribution < 1.29 is 9.18 Å². The average molecular weight is 446 g/mol. The lowest BCUT2D eigenvalue weighted by molar-refractivity contribution is -0.118. The van der Waals surface area contributed by atoms with Gasteiger partial charge in [-0.25, -0.2) is 9.37 Å². The maximum atomic E-state index is 13.1. The zero-order valence-electron chi connectivity index (χ0n) is 17.7. The Bertz CT molecular complexity index is 972. The summed E-state index contributed by atoms with van der Waals surface area (Å²) >= 11 is 3.15. The Morgan fingerprint density at radius 1 is 1.13 bits per heavy atom. The second kappa shape index (κ2) is 10.9. The van der Waals surface area contributed by atoms with Crippen LogP contribution in [0.25, 0.3) is 10.2 Å². The lowest BCUT2D eigenvalue weighted by Gasteiger charge is -2.21. The van der Waals surface area contributed by atoms with E-state index in [1.807, 2.05) is 25.1 Å². The molecule has 160 valence electrons. The van der Waals surface area contributed by atoms with Crippen LogP contribution in [-0.4, -0.2) is 48.7 Å². The smallest absolute Gasteiger partial charge is 0.229 e. The highest BCUT2D eigenvalue weighted by Crippen LogP contribution is 2.30. The van der Waals surface area contributed by atoms with E-state index >= 15 is 0 Å². The molecule has 30 heavy (non-hydrogen) atoms. The first kappa shape index (κ1) is 22.7. The van der Waals surface area contributed by atoms with Crippen LogP contribution >= 0.6 is 23.1 Å². The fraction of sp³-hybridized carbons (Fsp3) is 0.391. The van der Waals surface area contributed by atoms with Crippen LogP contribution in [-0.2, 0) is 11.2 Å². The first-order valence-electron chi connectivity index (χ1n) is 10.2. The summed E-state index contributed by atoms with van der Waals surface area (Å²) in [6.07, 6.45) is 2.29.